The Morgan fingerprint density at radius 1 is 1.00 bits per heavy atom. The highest BCUT2D eigenvalue weighted by Crippen LogP contribution is 2.36. The van der Waals surface area contributed by atoms with Gasteiger partial charge in [0.1, 0.15) is 0 Å². The molecule has 0 unspecified atom stereocenters. The Morgan fingerprint density at radius 3 is 2.51 bits per heavy atom. The third-order valence-electron chi connectivity index (χ3n) is 7.55. The van der Waals surface area contributed by atoms with Gasteiger partial charge in [0, 0.05) is 19.6 Å². The van der Waals surface area contributed by atoms with Gasteiger partial charge in [0.25, 0.3) is 11.8 Å². The summed E-state index contributed by atoms with van der Waals surface area (Å²) >= 11 is 0. The van der Waals surface area contributed by atoms with E-state index in [0.29, 0.717) is 31.7 Å². The molecule has 2 aromatic carbocycles. The average Bonchev–Trinajstić information content (AvgIpc) is 3.47. The quantitative estimate of drug-likeness (QED) is 0.615. The average molecular weight is 516 g/mol. The van der Waals surface area contributed by atoms with E-state index in [0.717, 1.165) is 36.3 Å². The lowest BCUT2D eigenvalue weighted by atomic mass is 9.94. The van der Waals surface area contributed by atoms with Crippen LogP contribution in [0.25, 0.3) is 0 Å². The Balaban J connectivity index is 1.37. The molecular weight excluding hydrogens is 487 g/mol. The number of alkyl halides is 3. The molecule has 1 N–H and O–H groups in total. The second kappa shape index (κ2) is 9.81. The number of carbonyl (C=O) groups excluding carboxylic acids is 3. The molecule has 3 aliphatic rings. The number of piperidine rings is 1. The topological polar surface area (TPSA) is 81.2 Å². The molecule has 0 spiro atoms. The van der Waals surface area contributed by atoms with Crippen LogP contribution in [0.2, 0.25) is 0 Å². The molecule has 5 rings (SSSR count). The van der Waals surface area contributed by atoms with Crippen molar-refractivity contribution >= 4 is 23.4 Å². The summed E-state index contributed by atoms with van der Waals surface area (Å²) in [4.78, 5) is 44.5. The number of amides is 3. The SMILES string of the molecule is O=C1c2cccc(N3CCC[C@H](C(=O)N4CCC[C@H]4CO)C3)c2C(=O)N1Cc1cccc(C(F)(F)F)c1. The van der Waals surface area contributed by atoms with E-state index in [1.165, 1.54) is 12.1 Å². The molecule has 3 heterocycles. The van der Waals surface area contributed by atoms with Crippen molar-refractivity contribution in [2.45, 2.75) is 44.4 Å². The van der Waals surface area contributed by atoms with Gasteiger partial charge in [-0.1, -0.05) is 18.2 Å². The van der Waals surface area contributed by atoms with E-state index in [1.807, 2.05) is 4.90 Å². The number of likely N-dealkylation sites (tertiary alicyclic amines) is 1. The monoisotopic (exact) mass is 515 g/mol. The molecule has 2 saturated heterocycles. The smallest absolute Gasteiger partial charge is 0.394 e. The second-order valence-electron chi connectivity index (χ2n) is 9.89. The zero-order valence-corrected chi connectivity index (χ0v) is 20.2. The molecule has 7 nitrogen and oxygen atoms in total. The number of hydrogen-bond acceptors (Lipinski definition) is 5. The Kier molecular flexibility index (Phi) is 6.70. The van der Waals surface area contributed by atoms with Crippen LogP contribution in [0.1, 0.15) is 57.5 Å². The molecule has 2 atom stereocenters. The Morgan fingerprint density at radius 2 is 1.76 bits per heavy atom. The van der Waals surface area contributed by atoms with Gasteiger partial charge in [0.2, 0.25) is 5.91 Å². The maximum absolute atomic E-state index is 13.4. The van der Waals surface area contributed by atoms with E-state index in [4.69, 9.17) is 0 Å². The van der Waals surface area contributed by atoms with E-state index in [9.17, 15) is 32.7 Å². The molecule has 3 amide bonds. The van der Waals surface area contributed by atoms with Gasteiger partial charge in [0.05, 0.1) is 47.5 Å². The molecule has 0 aromatic heterocycles. The van der Waals surface area contributed by atoms with Crippen LogP contribution < -0.4 is 4.90 Å². The first-order chi connectivity index (χ1) is 17.7. The Labute approximate surface area is 212 Å². The number of fused-ring (bicyclic) bond motifs is 1. The summed E-state index contributed by atoms with van der Waals surface area (Å²) in [5.74, 6) is -1.39. The lowest BCUT2D eigenvalue weighted by Gasteiger charge is -2.37. The predicted octanol–water partition coefficient (Wildman–Crippen LogP) is 3.70. The van der Waals surface area contributed by atoms with Gasteiger partial charge in [0.15, 0.2) is 0 Å². The number of nitrogens with zero attached hydrogens (tertiary/aromatic N) is 3. The second-order valence-corrected chi connectivity index (χ2v) is 9.89. The number of anilines is 1. The molecular formula is C27H28F3N3O4. The van der Waals surface area contributed by atoms with Crippen LogP contribution in [0.15, 0.2) is 42.5 Å². The fraction of sp³-hybridized carbons (Fsp3) is 0.444. The summed E-state index contributed by atoms with van der Waals surface area (Å²) in [7, 11) is 0. The Hall–Kier alpha value is -3.40. The molecule has 2 fully saturated rings. The van der Waals surface area contributed by atoms with Gasteiger partial charge < -0.3 is 14.9 Å². The van der Waals surface area contributed by atoms with Crippen LogP contribution in [0.5, 0.6) is 0 Å². The Bertz CT molecular complexity index is 1230. The number of carbonyl (C=O) groups is 3. The standard InChI is InChI=1S/C27H28F3N3O4/c28-27(29,30)19-7-1-5-17(13-19)14-33-25(36)21-9-2-10-22(23(21)26(33)37)31-11-3-6-18(15-31)24(35)32-12-4-8-20(32)16-34/h1-2,5,7,9-10,13,18,20,34H,3-4,6,8,11-12,14-16H2/t18-,20-/m0/s1. The van der Waals surface area contributed by atoms with Crippen LogP contribution in [-0.4, -0.2) is 64.9 Å². The van der Waals surface area contributed by atoms with Gasteiger partial charge in [-0.15, -0.1) is 0 Å². The van der Waals surface area contributed by atoms with Crippen molar-refractivity contribution in [3.8, 4) is 0 Å². The van der Waals surface area contributed by atoms with Crippen molar-refractivity contribution in [2.75, 3.05) is 31.1 Å². The van der Waals surface area contributed by atoms with Crippen molar-refractivity contribution in [2.24, 2.45) is 5.92 Å². The number of aliphatic hydroxyl groups is 1. The van der Waals surface area contributed by atoms with Crippen LogP contribution in [0, 0.1) is 5.92 Å². The lowest BCUT2D eigenvalue weighted by molar-refractivity contribution is -0.138. The zero-order chi connectivity index (χ0) is 26.3. The minimum atomic E-state index is -4.53. The minimum Gasteiger partial charge on any atom is -0.394 e. The number of imide groups is 1. The summed E-state index contributed by atoms with van der Waals surface area (Å²) in [5.41, 5.74) is 0.358. The fourth-order valence-electron chi connectivity index (χ4n) is 5.70. The largest absolute Gasteiger partial charge is 0.416 e. The van der Waals surface area contributed by atoms with Crippen molar-refractivity contribution in [3.05, 3.63) is 64.7 Å². The van der Waals surface area contributed by atoms with Crippen molar-refractivity contribution in [1.29, 1.82) is 0 Å². The van der Waals surface area contributed by atoms with Gasteiger partial charge in [-0.25, -0.2) is 0 Å². The van der Waals surface area contributed by atoms with Crippen LogP contribution in [0.4, 0.5) is 18.9 Å². The van der Waals surface area contributed by atoms with Crippen LogP contribution >= 0.6 is 0 Å². The van der Waals surface area contributed by atoms with Gasteiger partial charge in [-0.3, -0.25) is 19.3 Å². The van der Waals surface area contributed by atoms with Gasteiger partial charge >= 0.3 is 6.18 Å². The van der Waals surface area contributed by atoms with E-state index in [1.54, 1.807) is 23.1 Å². The zero-order valence-electron chi connectivity index (χ0n) is 20.2. The number of aliphatic hydroxyl groups excluding tert-OH is 1. The summed E-state index contributed by atoms with van der Waals surface area (Å²) < 4.78 is 39.4. The van der Waals surface area contributed by atoms with Crippen LogP contribution in [-0.2, 0) is 17.5 Å². The highest BCUT2D eigenvalue weighted by molar-refractivity contribution is 6.23. The molecule has 37 heavy (non-hydrogen) atoms. The van der Waals surface area contributed by atoms with Crippen LogP contribution in [0.3, 0.4) is 0 Å². The summed E-state index contributed by atoms with van der Waals surface area (Å²) in [6.07, 6.45) is -1.46. The normalized spacial score (nSPS) is 22.1. The third kappa shape index (κ3) is 4.70. The molecule has 0 aliphatic carbocycles. The predicted molar refractivity (Wildman–Crippen MR) is 129 cm³/mol. The van der Waals surface area contributed by atoms with Gasteiger partial charge in [-0.05, 0) is 55.5 Å². The third-order valence-corrected chi connectivity index (χ3v) is 7.55. The van der Waals surface area contributed by atoms with E-state index < -0.39 is 23.6 Å². The summed E-state index contributed by atoms with van der Waals surface area (Å²) in [6, 6.07) is 9.43. The fourth-order valence-corrected chi connectivity index (χ4v) is 5.70. The molecule has 0 saturated carbocycles. The first kappa shape index (κ1) is 25.3. The van der Waals surface area contributed by atoms with Gasteiger partial charge in [-0.2, -0.15) is 13.2 Å². The lowest BCUT2D eigenvalue weighted by Crippen LogP contribution is -2.47. The summed E-state index contributed by atoms with van der Waals surface area (Å²) in [5, 5.41) is 9.62. The number of rotatable bonds is 5. The highest BCUT2D eigenvalue weighted by Gasteiger charge is 2.41. The van der Waals surface area contributed by atoms with E-state index >= 15 is 0 Å². The molecule has 196 valence electrons. The molecule has 0 bridgehead atoms. The first-order valence-electron chi connectivity index (χ1n) is 12.5. The van der Waals surface area contributed by atoms with E-state index in [2.05, 4.69) is 0 Å². The molecule has 10 heteroatoms. The molecule has 3 aliphatic heterocycles. The maximum atomic E-state index is 13.4. The maximum Gasteiger partial charge on any atom is 0.416 e. The molecule has 2 aromatic rings. The van der Waals surface area contributed by atoms with Crippen molar-refractivity contribution in [3.63, 3.8) is 0 Å². The number of benzene rings is 2. The number of hydrogen-bond donors (Lipinski definition) is 1. The minimum absolute atomic E-state index is 0.00222. The van der Waals surface area contributed by atoms with E-state index in [-0.39, 0.29) is 47.7 Å². The molecule has 0 radical (unpaired) electrons. The van der Waals surface area contributed by atoms with Crippen molar-refractivity contribution < 1.29 is 32.7 Å². The first-order valence-corrected chi connectivity index (χ1v) is 12.5. The summed E-state index contributed by atoms with van der Waals surface area (Å²) in [6.45, 7) is 1.29. The highest BCUT2D eigenvalue weighted by atomic mass is 19.4. The van der Waals surface area contributed by atoms with Crippen molar-refractivity contribution in [1.82, 2.24) is 9.80 Å². The number of halogens is 3.